The SMILES string of the molecule is CC(=O)Oc1ccc(-c2cnc(-c3ccccc3)[nH]c2=O)cc1OC(C)=O. The molecular formula is C20H16N2O5. The molecule has 7 nitrogen and oxygen atoms in total. The summed E-state index contributed by atoms with van der Waals surface area (Å²) in [6.07, 6.45) is 1.44. The first-order chi connectivity index (χ1) is 12.9. The smallest absolute Gasteiger partial charge is 0.308 e. The van der Waals surface area contributed by atoms with Crippen LogP contribution in [0, 0.1) is 0 Å². The predicted molar refractivity (Wildman–Crippen MR) is 98.3 cm³/mol. The van der Waals surface area contributed by atoms with Crippen LogP contribution in [0.5, 0.6) is 11.5 Å². The van der Waals surface area contributed by atoms with E-state index >= 15 is 0 Å². The van der Waals surface area contributed by atoms with Crippen molar-refractivity contribution < 1.29 is 19.1 Å². The monoisotopic (exact) mass is 364 g/mol. The van der Waals surface area contributed by atoms with Crippen LogP contribution < -0.4 is 15.0 Å². The molecule has 1 aromatic heterocycles. The van der Waals surface area contributed by atoms with Crippen molar-refractivity contribution in [1.29, 1.82) is 0 Å². The van der Waals surface area contributed by atoms with Crippen LogP contribution in [0.4, 0.5) is 0 Å². The molecule has 3 rings (SSSR count). The Morgan fingerprint density at radius 3 is 2.19 bits per heavy atom. The molecule has 1 heterocycles. The van der Waals surface area contributed by atoms with Gasteiger partial charge in [0, 0.05) is 25.6 Å². The van der Waals surface area contributed by atoms with E-state index in [4.69, 9.17) is 9.47 Å². The number of nitrogens with one attached hydrogen (secondary N) is 1. The van der Waals surface area contributed by atoms with Gasteiger partial charge in [-0.05, 0) is 17.7 Å². The predicted octanol–water partition coefficient (Wildman–Crippen LogP) is 2.95. The highest BCUT2D eigenvalue weighted by Crippen LogP contribution is 2.32. The van der Waals surface area contributed by atoms with Crippen molar-refractivity contribution in [3.63, 3.8) is 0 Å². The maximum Gasteiger partial charge on any atom is 0.308 e. The fourth-order valence-corrected chi connectivity index (χ4v) is 2.49. The molecule has 1 N–H and O–H groups in total. The minimum Gasteiger partial charge on any atom is -0.423 e. The number of carbonyl (C=O) groups excluding carboxylic acids is 2. The van der Waals surface area contributed by atoms with E-state index in [9.17, 15) is 14.4 Å². The molecule has 136 valence electrons. The van der Waals surface area contributed by atoms with Crippen LogP contribution in [0.25, 0.3) is 22.5 Å². The zero-order valence-electron chi connectivity index (χ0n) is 14.7. The Bertz CT molecular complexity index is 1060. The van der Waals surface area contributed by atoms with Crippen LogP contribution >= 0.6 is 0 Å². The fourth-order valence-electron chi connectivity index (χ4n) is 2.49. The van der Waals surface area contributed by atoms with E-state index in [1.165, 1.54) is 32.2 Å². The number of nitrogens with zero attached hydrogens (tertiary/aromatic N) is 1. The first-order valence-electron chi connectivity index (χ1n) is 8.10. The Morgan fingerprint density at radius 1 is 0.889 bits per heavy atom. The van der Waals surface area contributed by atoms with Gasteiger partial charge in [0.1, 0.15) is 5.82 Å². The second kappa shape index (κ2) is 7.65. The number of rotatable bonds is 4. The molecule has 7 heteroatoms. The highest BCUT2D eigenvalue weighted by Gasteiger charge is 2.14. The van der Waals surface area contributed by atoms with Gasteiger partial charge in [0.05, 0.1) is 5.56 Å². The second-order valence-corrected chi connectivity index (χ2v) is 5.69. The molecule has 0 aliphatic carbocycles. The molecule has 0 saturated carbocycles. The molecular weight excluding hydrogens is 348 g/mol. The maximum absolute atomic E-state index is 12.5. The van der Waals surface area contributed by atoms with E-state index in [0.717, 1.165) is 5.56 Å². The number of hydrogen-bond acceptors (Lipinski definition) is 6. The van der Waals surface area contributed by atoms with Crippen LogP contribution in [0.15, 0.2) is 59.5 Å². The Morgan fingerprint density at radius 2 is 1.56 bits per heavy atom. The van der Waals surface area contributed by atoms with Crippen molar-refractivity contribution in [2.24, 2.45) is 0 Å². The molecule has 3 aromatic rings. The summed E-state index contributed by atoms with van der Waals surface area (Å²) in [5, 5.41) is 0. The summed E-state index contributed by atoms with van der Waals surface area (Å²) in [6.45, 7) is 2.47. The average molecular weight is 364 g/mol. The number of carbonyl (C=O) groups is 2. The van der Waals surface area contributed by atoms with Crippen molar-refractivity contribution in [2.75, 3.05) is 0 Å². The summed E-state index contributed by atoms with van der Waals surface area (Å²) in [7, 11) is 0. The molecule has 0 atom stereocenters. The normalized spacial score (nSPS) is 10.3. The zero-order valence-corrected chi connectivity index (χ0v) is 14.7. The molecule has 0 aliphatic heterocycles. The molecule has 0 fully saturated rings. The maximum atomic E-state index is 12.5. The summed E-state index contributed by atoms with van der Waals surface area (Å²) >= 11 is 0. The first-order valence-corrected chi connectivity index (χ1v) is 8.10. The van der Waals surface area contributed by atoms with Gasteiger partial charge in [0.15, 0.2) is 11.5 Å². The third-order valence-electron chi connectivity index (χ3n) is 3.61. The number of aromatic amines is 1. The van der Waals surface area contributed by atoms with Crippen LogP contribution in [0.1, 0.15) is 13.8 Å². The van der Waals surface area contributed by atoms with Crippen LogP contribution in [0.3, 0.4) is 0 Å². The van der Waals surface area contributed by atoms with Gasteiger partial charge in [-0.2, -0.15) is 0 Å². The molecule has 0 spiro atoms. The highest BCUT2D eigenvalue weighted by molar-refractivity contribution is 5.76. The van der Waals surface area contributed by atoms with Crippen molar-refractivity contribution in [3.05, 3.63) is 65.1 Å². The van der Waals surface area contributed by atoms with Gasteiger partial charge in [0.25, 0.3) is 5.56 Å². The molecule has 0 aliphatic rings. The van der Waals surface area contributed by atoms with Crippen molar-refractivity contribution in [2.45, 2.75) is 13.8 Å². The van der Waals surface area contributed by atoms with E-state index in [2.05, 4.69) is 9.97 Å². The quantitative estimate of drug-likeness (QED) is 0.564. The number of benzene rings is 2. The van der Waals surface area contributed by atoms with Gasteiger partial charge in [-0.3, -0.25) is 14.4 Å². The summed E-state index contributed by atoms with van der Waals surface area (Å²) in [5.41, 5.74) is 1.19. The van der Waals surface area contributed by atoms with E-state index in [1.807, 2.05) is 30.3 Å². The molecule has 2 aromatic carbocycles. The second-order valence-electron chi connectivity index (χ2n) is 5.69. The molecule has 27 heavy (non-hydrogen) atoms. The summed E-state index contributed by atoms with van der Waals surface area (Å²) in [6, 6.07) is 13.7. The van der Waals surface area contributed by atoms with Crippen LogP contribution in [-0.4, -0.2) is 21.9 Å². The number of esters is 2. The van der Waals surface area contributed by atoms with Gasteiger partial charge >= 0.3 is 11.9 Å². The summed E-state index contributed by atoms with van der Waals surface area (Å²) in [4.78, 5) is 42.1. The standard InChI is InChI=1S/C20H16N2O5/c1-12(23)26-17-9-8-15(10-18(17)27-13(2)24)16-11-21-19(22-20(16)25)14-6-4-3-5-7-14/h3-11H,1-2H3,(H,21,22,25). The Balaban J connectivity index is 2.02. The number of H-pyrrole nitrogens is 1. The summed E-state index contributed by atoms with van der Waals surface area (Å²) in [5.74, 6) is -0.551. The number of ether oxygens (including phenoxy) is 2. The lowest BCUT2D eigenvalue weighted by molar-refractivity contribution is -0.134. The van der Waals surface area contributed by atoms with E-state index < -0.39 is 11.9 Å². The van der Waals surface area contributed by atoms with Crippen LogP contribution in [0.2, 0.25) is 0 Å². The van der Waals surface area contributed by atoms with Crippen molar-refractivity contribution >= 4 is 11.9 Å². The molecule has 0 saturated heterocycles. The largest absolute Gasteiger partial charge is 0.423 e. The molecule has 0 amide bonds. The zero-order chi connectivity index (χ0) is 19.4. The third kappa shape index (κ3) is 4.27. The topological polar surface area (TPSA) is 98.3 Å². The molecule has 0 unspecified atom stereocenters. The summed E-state index contributed by atoms with van der Waals surface area (Å²) < 4.78 is 10.1. The lowest BCUT2D eigenvalue weighted by Crippen LogP contribution is -2.12. The van der Waals surface area contributed by atoms with Crippen molar-refractivity contribution in [1.82, 2.24) is 9.97 Å². The van der Waals surface area contributed by atoms with E-state index in [1.54, 1.807) is 6.07 Å². The van der Waals surface area contributed by atoms with E-state index in [0.29, 0.717) is 11.4 Å². The fraction of sp³-hybridized carbons (Fsp3) is 0.100. The average Bonchev–Trinajstić information content (AvgIpc) is 2.63. The Hall–Kier alpha value is -3.74. The highest BCUT2D eigenvalue weighted by atomic mass is 16.6. The minimum absolute atomic E-state index is 0.0433. The van der Waals surface area contributed by atoms with Crippen molar-refractivity contribution in [3.8, 4) is 34.0 Å². The lowest BCUT2D eigenvalue weighted by atomic mass is 10.1. The van der Waals surface area contributed by atoms with Gasteiger partial charge < -0.3 is 14.5 Å². The van der Waals surface area contributed by atoms with Crippen LogP contribution in [-0.2, 0) is 9.59 Å². The lowest BCUT2D eigenvalue weighted by Gasteiger charge is -2.10. The van der Waals surface area contributed by atoms with Gasteiger partial charge in [-0.25, -0.2) is 4.98 Å². The van der Waals surface area contributed by atoms with Gasteiger partial charge in [0.2, 0.25) is 0 Å². The Labute approximate surface area is 154 Å². The number of aromatic nitrogens is 2. The van der Waals surface area contributed by atoms with Gasteiger partial charge in [-0.15, -0.1) is 0 Å². The molecule has 0 radical (unpaired) electrons. The number of hydrogen-bond donors (Lipinski definition) is 1. The Kier molecular flexibility index (Phi) is 5.12. The van der Waals surface area contributed by atoms with Gasteiger partial charge in [-0.1, -0.05) is 36.4 Å². The molecule has 0 bridgehead atoms. The minimum atomic E-state index is -0.577. The van der Waals surface area contributed by atoms with E-state index in [-0.39, 0.29) is 22.6 Å². The third-order valence-corrected chi connectivity index (χ3v) is 3.61. The first kappa shape index (κ1) is 18.1.